The number of carboxylic acids is 1. The molecule has 1 atom stereocenters. The molecule has 0 amide bonds. The number of aliphatic carboxylic acids is 1. The third-order valence-corrected chi connectivity index (χ3v) is 3.29. The van der Waals surface area contributed by atoms with Crippen LogP contribution in [0.5, 0.6) is 0 Å². The Morgan fingerprint density at radius 1 is 1.00 bits per heavy atom. The molecule has 1 unspecified atom stereocenters. The fourth-order valence-electron chi connectivity index (χ4n) is 2.18. The van der Waals surface area contributed by atoms with Crippen LogP contribution >= 0.6 is 0 Å². The number of hydrogen-bond acceptors (Lipinski definition) is 3. The molecule has 0 saturated carbocycles. The maximum Gasteiger partial charge on any atom is 0.305 e. The van der Waals surface area contributed by atoms with E-state index in [0.717, 1.165) is 11.3 Å². The molecule has 0 heterocycles. The molecule has 0 aliphatic heterocycles. The van der Waals surface area contributed by atoms with Gasteiger partial charge in [-0.3, -0.25) is 4.79 Å². The maximum absolute atomic E-state index is 10.8. The second-order valence-corrected chi connectivity index (χ2v) is 4.85. The summed E-state index contributed by atoms with van der Waals surface area (Å²) in [6.07, 6.45) is -0.614. The van der Waals surface area contributed by atoms with Crippen molar-refractivity contribution in [3.05, 3.63) is 66.2 Å². The van der Waals surface area contributed by atoms with E-state index in [4.69, 9.17) is 5.11 Å². The van der Waals surface area contributed by atoms with E-state index in [9.17, 15) is 9.90 Å². The van der Waals surface area contributed by atoms with Gasteiger partial charge >= 0.3 is 5.97 Å². The Labute approximate surface area is 124 Å². The molecule has 2 aromatic rings. The van der Waals surface area contributed by atoms with E-state index in [1.807, 2.05) is 65.6 Å². The summed E-state index contributed by atoms with van der Waals surface area (Å²) >= 11 is 0. The summed E-state index contributed by atoms with van der Waals surface area (Å²) in [5, 5.41) is 19.2. The molecular weight excluding hydrogens is 266 g/mol. The van der Waals surface area contributed by atoms with Crippen molar-refractivity contribution in [2.75, 3.05) is 18.0 Å². The average molecular weight is 285 g/mol. The maximum atomic E-state index is 10.8. The van der Waals surface area contributed by atoms with Crippen molar-refractivity contribution in [2.45, 2.75) is 12.5 Å². The SMILES string of the molecule is O=C(O)CCN(CC(O)c1ccccc1)c1ccccc1. The Kier molecular flexibility index (Phi) is 5.35. The van der Waals surface area contributed by atoms with Gasteiger partial charge < -0.3 is 15.1 Å². The predicted molar refractivity (Wildman–Crippen MR) is 82.3 cm³/mol. The second kappa shape index (κ2) is 7.45. The molecule has 0 aromatic heterocycles. The number of rotatable bonds is 7. The fourth-order valence-corrected chi connectivity index (χ4v) is 2.18. The van der Waals surface area contributed by atoms with Crippen molar-refractivity contribution >= 4 is 11.7 Å². The molecule has 0 spiro atoms. The lowest BCUT2D eigenvalue weighted by molar-refractivity contribution is -0.136. The molecular formula is C17H19NO3. The van der Waals surface area contributed by atoms with Gasteiger partial charge in [-0.15, -0.1) is 0 Å². The van der Waals surface area contributed by atoms with E-state index >= 15 is 0 Å². The number of aliphatic hydroxyl groups excluding tert-OH is 1. The highest BCUT2D eigenvalue weighted by atomic mass is 16.4. The van der Waals surface area contributed by atoms with Crippen LogP contribution in [-0.2, 0) is 4.79 Å². The zero-order chi connectivity index (χ0) is 15.1. The van der Waals surface area contributed by atoms with Crippen molar-refractivity contribution in [3.8, 4) is 0 Å². The standard InChI is InChI=1S/C17H19NO3/c19-16(14-7-3-1-4-8-14)13-18(12-11-17(20)21)15-9-5-2-6-10-15/h1-10,16,19H,11-13H2,(H,20,21). The first-order chi connectivity index (χ1) is 10.2. The topological polar surface area (TPSA) is 60.8 Å². The van der Waals surface area contributed by atoms with Gasteiger partial charge in [-0.1, -0.05) is 48.5 Å². The van der Waals surface area contributed by atoms with Crippen LogP contribution in [0.4, 0.5) is 5.69 Å². The van der Waals surface area contributed by atoms with E-state index in [2.05, 4.69) is 0 Å². The summed E-state index contributed by atoms with van der Waals surface area (Å²) in [7, 11) is 0. The van der Waals surface area contributed by atoms with Gasteiger partial charge in [0.2, 0.25) is 0 Å². The van der Waals surface area contributed by atoms with Crippen molar-refractivity contribution in [1.82, 2.24) is 0 Å². The summed E-state index contributed by atoms with van der Waals surface area (Å²) in [4.78, 5) is 12.7. The molecule has 0 bridgehead atoms. The number of carboxylic acid groups (broad SMARTS) is 1. The molecule has 21 heavy (non-hydrogen) atoms. The summed E-state index contributed by atoms with van der Waals surface area (Å²) < 4.78 is 0. The predicted octanol–water partition coefficient (Wildman–Crippen LogP) is 2.70. The third-order valence-electron chi connectivity index (χ3n) is 3.29. The number of benzene rings is 2. The highest BCUT2D eigenvalue weighted by Gasteiger charge is 2.15. The van der Waals surface area contributed by atoms with Crippen LogP contribution in [0.2, 0.25) is 0 Å². The molecule has 2 N–H and O–H groups in total. The highest BCUT2D eigenvalue weighted by Crippen LogP contribution is 2.19. The van der Waals surface area contributed by atoms with E-state index < -0.39 is 12.1 Å². The largest absolute Gasteiger partial charge is 0.481 e. The zero-order valence-electron chi connectivity index (χ0n) is 11.7. The lowest BCUT2D eigenvalue weighted by Crippen LogP contribution is -2.30. The average Bonchev–Trinajstić information content (AvgIpc) is 2.52. The van der Waals surface area contributed by atoms with Gasteiger partial charge in [-0.2, -0.15) is 0 Å². The van der Waals surface area contributed by atoms with Gasteiger partial charge in [0.25, 0.3) is 0 Å². The minimum absolute atomic E-state index is 0.0381. The number of nitrogens with zero attached hydrogens (tertiary/aromatic N) is 1. The van der Waals surface area contributed by atoms with Gasteiger partial charge in [0.05, 0.1) is 12.5 Å². The van der Waals surface area contributed by atoms with Crippen LogP contribution < -0.4 is 4.90 Å². The number of aliphatic hydroxyl groups is 1. The molecule has 4 nitrogen and oxygen atoms in total. The van der Waals surface area contributed by atoms with E-state index in [0.29, 0.717) is 13.1 Å². The minimum atomic E-state index is -0.842. The quantitative estimate of drug-likeness (QED) is 0.821. The summed E-state index contributed by atoms with van der Waals surface area (Å²) in [5.41, 5.74) is 1.74. The van der Waals surface area contributed by atoms with Crippen LogP contribution in [0.15, 0.2) is 60.7 Å². The summed E-state index contributed by atoms with van der Waals surface area (Å²) in [6, 6.07) is 18.9. The number of hydrogen-bond donors (Lipinski definition) is 2. The zero-order valence-corrected chi connectivity index (χ0v) is 11.7. The normalized spacial score (nSPS) is 11.9. The van der Waals surface area contributed by atoms with Crippen molar-refractivity contribution in [2.24, 2.45) is 0 Å². The molecule has 0 radical (unpaired) electrons. The lowest BCUT2D eigenvalue weighted by Gasteiger charge is -2.27. The van der Waals surface area contributed by atoms with E-state index in [-0.39, 0.29) is 6.42 Å². The van der Waals surface area contributed by atoms with Crippen LogP contribution in [0.1, 0.15) is 18.1 Å². The first-order valence-corrected chi connectivity index (χ1v) is 6.91. The van der Waals surface area contributed by atoms with Gasteiger partial charge in [-0.25, -0.2) is 0 Å². The molecule has 2 rings (SSSR count). The lowest BCUT2D eigenvalue weighted by atomic mass is 10.1. The molecule has 0 fully saturated rings. The first kappa shape index (κ1) is 15.1. The van der Waals surface area contributed by atoms with Crippen LogP contribution in [-0.4, -0.2) is 29.3 Å². The van der Waals surface area contributed by atoms with Gasteiger partial charge in [0.15, 0.2) is 0 Å². The molecule has 110 valence electrons. The molecule has 0 saturated heterocycles. The molecule has 2 aromatic carbocycles. The summed E-state index contributed by atoms with van der Waals surface area (Å²) in [5.74, 6) is -0.842. The number of para-hydroxylation sites is 1. The molecule has 0 aliphatic carbocycles. The smallest absolute Gasteiger partial charge is 0.305 e. The second-order valence-electron chi connectivity index (χ2n) is 4.85. The van der Waals surface area contributed by atoms with Crippen LogP contribution in [0, 0.1) is 0 Å². The number of anilines is 1. The third kappa shape index (κ3) is 4.61. The Morgan fingerprint density at radius 3 is 2.14 bits per heavy atom. The Morgan fingerprint density at radius 2 is 1.57 bits per heavy atom. The molecule has 4 heteroatoms. The van der Waals surface area contributed by atoms with Crippen molar-refractivity contribution < 1.29 is 15.0 Å². The van der Waals surface area contributed by atoms with Gasteiger partial charge in [0, 0.05) is 18.8 Å². The highest BCUT2D eigenvalue weighted by molar-refractivity contribution is 5.67. The fraction of sp³-hybridized carbons (Fsp3) is 0.235. The van der Waals surface area contributed by atoms with E-state index in [1.165, 1.54) is 0 Å². The Hall–Kier alpha value is -2.33. The van der Waals surface area contributed by atoms with Gasteiger partial charge in [-0.05, 0) is 17.7 Å². The van der Waals surface area contributed by atoms with Crippen LogP contribution in [0.25, 0.3) is 0 Å². The first-order valence-electron chi connectivity index (χ1n) is 6.91. The summed E-state index contributed by atoms with van der Waals surface area (Å²) in [6.45, 7) is 0.727. The van der Waals surface area contributed by atoms with Gasteiger partial charge in [0.1, 0.15) is 0 Å². The molecule has 0 aliphatic rings. The Balaban J connectivity index is 2.10. The number of carbonyl (C=O) groups is 1. The van der Waals surface area contributed by atoms with Crippen LogP contribution in [0.3, 0.4) is 0 Å². The van der Waals surface area contributed by atoms with Crippen molar-refractivity contribution in [3.63, 3.8) is 0 Å². The van der Waals surface area contributed by atoms with E-state index in [1.54, 1.807) is 0 Å². The Bertz CT molecular complexity index is 557. The minimum Gasteiger partial charge on any atom is -0.481 e. The van der Waals surface area contributed by atoms with Crippen molar-refractivity contribution in [1.29, 1.82) is 0 Å². The monoisotopic (exact) mass is 285 g/mol.